The van der Waals surface area contributed by atoms with E-state index in [1.165, 1.54) is 0 Å². The Morgan fingerprint density at radius 3 is 2.47 bits per heavy atom. The maximum atomic E-state index is 13.3. The fraction of sp³-hybridized carbons (Fsp3) is 0.565. The van der Waals surface area contributed by atoms with Crippen molar-refractivity contribution in [2.45, 2.75) is 33.1 Å². The molecule has 0 spiro atoms. The highest BCUT2D eigenvalue weighted by atomic mass is 35.5. The summed E-state index contributed by atoms with van der Waals surface area (Å²) in [6, 6.07) is 5.31. The fourth-order valence-electron chi connectivity index (χ4n) is 4.28. The standard InChI is InChI=1S/C23H32ClN3O2S/c1-16-12-17(2)15-27(14-16)23(29)20-13-19(24)5-6-21(20)25-18(3)4-7-22(28)26-8-10-30-11-9-26/h5-6,13,16-17,25H,3-4,7-12,14-15H2,1-2H3/t16-,17+. The molecule has 30 heavy (non-hydrogen) atoms. The first kappa shape index (κ1) is 23.0. The highest BCUT2D eigenvalue weighted by molar-refractivity contribution is 7.99. The van der Waals surface area contributed by atoms with Crippen molar-refractivity contribution in [3.63, 3.8) is 0 Å². The number of halogens is 1. The van der Waals surface area contributed by atoms with E-state index in [0.29, 0.717) is 41.0 Å². The Labute approximate surface area is 189 Å². The fourth-order valence-corrected chi connectivity index (χ4v) is 5.36. The van der Waals surface area contributed by atoms with Crippen LogP contribution in [0.1, 0.15) is 43.5 Å². The Morgan fingerprint density at radius 1 is 1.13 bits per heavy atom. The van der Waals surface area contributed by atoms with Crippen molar-refractivity contribution >= 4 is 40.9 Å². The third-order valence-corrected chi connectivity index (χ3v) is 6.86. The second-order valence-electron chi connectivity index (χ2n) is 8.57. The van der Waals surface area contributed by atoms with Gasteiger partial charge in [-0.1, -0.05) is 32.0 Å². The van der Waals surface area contributed by atoms with Crippen molar-refractivity contribution in [3.05, 3.63) is 41.1 Å². The molecule has 7 heteroatoms. The molecular weight excluding hydrogens is 418 g/mol. The molecule has 2 atom stereocenters. The van der Waals surface area contributed by atoms with Crippen LogP contribution in [-0.2, 0) is 4.79 Å². The Balaban J connectivity index is 1.63. The summed E-state index contributed by atoms with van der Waals surface area (Å²) in [5.74, 6) is 3.16. The zero-order valence-electron chi connectivity index (χ0n) is 18.0. The van der Waals surface area contributed by atoms with Crippen molar-refractivity contribution in [1.82, 2.24) is 9.80 Å². The van der Waals surface area contributed by atoms with Gasteiger partial charge in [0.15, 0.2) is 0 Å². The minimum absolute atomic E-state index is 0.00640. The summed E-state index contributed by atoms with van der Waals surface area (Å²) >= 11 is 8.10. The van der Waals surface area contributed by atoms with Crippen LogP contribution in [-0.4, -0.2) is 59.3 Å². The Bertz CT molecular complexity index is 785. The summed E-state index contributed by atoms with van der Waals surface area (Å²) in [7, 11) is 0. The summed E-state index contributed by atoms with van der Waals surface area (Å²) in [6.45, 7) is 11.6. The molecule has 2 saturated heterocycles. The summed E-state index contributed by atoms with van der Waals surface area (Å²) in [5, 5.41) is 3.80. The first-order chi connectivity index (χ1) is 14.3. The number of nitrogens with one attached hydrogen (secondary N) is 1. The summed E-state index contributed by atoms with van der Waals surface area (Å²) in [5.41, 5.74) is 1.98. The number of amides is 2. The number of carbonyl (C=O) groups excluding carboxylic acids is 2. The van der Waals surface area contributed by atoms with Gasteiger partial charge in [0.05, 0.1) is 11.3 Å². The third-order valence-electron chi connectivity index (χ3n) is 5.68. The van der Waals surface area contributed by atoms with Gasteiger partial charge in [0.2, 0.25) is 5.91 Å². The summed E-state index contributed by atoms with van der Waals surface area (Å²) in [4.78, 5) is 29.5. The molecule has 0 saturated carbocycles. The second-order valence-corrected chi connectivity index (χ2v) is 10.2. The van der Waals surface area contributed by atoms with Crippen molar-refractivity contribution in [2.24, 2.45) is 11.8 Å². The molecule has 0 aliphatic carbocycles. The van der Waals surface area contributed by atoms with Gasteiger partial charge in [0, 0.05) is 54.8 Å². The maximum absolute atomic E-state index is 13.3. The molecule has 5 nitrogen and oxygen atoms in total. The number of anilines is 1. The smallest absolute Gasteiger partial charge is 0.256 e. The topological polar surface area (TPSA) is 52.7 Å². The maximum Gasteiger partial charge on any atom is 0.256 e. The molecule has 0 bridgehead atoms. The lowest BCUT2D eigenvalue weighted by Crippen LogP contribution is -2.42. The Hall–Kier alpha value is -1.66. The average molecular weight is 450 g/mol. The number of thioether (sulfide) groups is 1. The van der Waals surface area contributed by atoms with Crippen LogP contribution in [0.5, 0.6) is 0 Å². The monoisotopic (exact) mass is 449 g/mol. The van der Waals surface area contributed by atoms with E-state index in [1.807, 2.05) is 27.6 Å². The zero-order valence-corrected chi connectivity index (χ0v) is 19.5. The molecule has 0 radical (unpaired) electrons. The molecule has 1 N–H and O–H groups in total. The normalized spacial score (nSPS) is 22.0. The molecule has 164 valence electrons. The van der Waals surface area contributed by atoms with Gasteiger partial charge >= 0.3 is 0 Å². The number of rotatable bonds is 6. The first-order valence-electron chi connectivity index (χ1n) is 10.7. The highest BCUT2D eigenvalue weighted by Crippen LogP contribution is 2.28. The molecule has 0 aromatic heterocycles. The number of nitrogens with zero attached hydrogens (tertiary/aromatic N) is 2. The molecule has 2 heterocycles. The molecular formula is C23H32ClN3O2S. The number of hydrogen-bond acceptors (Lipinski definition) is 4. The van der Waals surface area contributed by atoms with Gasteiger partial charge in [0.25, 0.3) is 5.91 Å². The largest absolute Gasteiger partial charge is 0.359 e. The zero-order chi connectivity index (χ0) is 21.7. The molecule has 3 rings (SSSR count). The minimum Gasteiger partial charge on any atom is -0.359 e. The molecule has 2 aliphatic rings. The van der Waals surface area contributed by atoms with Gasteiger partial charge in [-0.2, -0.15) is 11.8 Å². The average Bonchev–Trinajstić information content (AvgIpc) is 2.72. The minimum atomic E-state index is -0.00640. The van der Waals surface area contributed by atoms with E-state index < -0.39 is 0 Å². The molecule has 2 fully saturated rings. The molecule has 2 aliphatic heterocycles. The first-order valence-corrected chi connectivity index (χ1v) is 12.3. The van der Waals surface area contributed by atoms with E-state index in [2.05, 4.69) is 25.7 Å². The van der Waals surface area contributed by atoms with Gasteiger partial charge in [-0.25, -0.2) is 0 Å². The quantitative estimate of drug-likeness (QED) is 0.681. The van der Waals surface area contributed by atoms with Gasteiger partial charge in [-0.15, -0.1) is 0 Å². The van der Waals surface area contributed by atoms with Crippen molar-refractivity contribution in [2.75, 3.05) is 43.0 Å². The van der Waals surface area contributed by atoms with Gasteiger partial charge in [0.1, 0.15) is 0 Å². The number of carbonyl (C=O) groups is 2. The van der Waals surface area contributed by atoms with Gasteiger partial charge in [-0.3, -0.25) is 9.59 Å². The SMILES string of the molecule is C=C(CCC(=O)N1CCSCC1)Nc1ccc(Cl)cc1C(=O)N1C[C@H](C)C[C@H](C)C1. The number of benzene rings is 1. The number of allylic oxidation sites excluding steroid dienone is 1. The van der Waals surface area contributed by atoms with E-state index in [0.717, 1.165) is 49.8 Å². The van der Waals surface area contributed by atoms with E-state index in [1.54, 1.807) is 12.1 Å². The van der Waals surface area contributed by atoms with Gasteiger partial charge < -0.3 is 15.1 Å². The van der Waals surface area contributed by atoms with Crippen LogP contribution in [0.15, 0.2) is 30.5 Å². The molecule has 1 aromatic rings. The molecule has 2 amide bonds. The summed E-state index contributed by atoms with van der Waals surface area (Å²) < 4.78 is 0. The number of hydrogen-bond donors (Lipinski definition) is 1. The van der Waals surface area contributed by atoms with E-state index >= 15 is 0 Å². The van der Waals surface area contributed by atoms with Gasteiger partial charge in [-0.05, 0) is 42.9 Å². The molecule has 1 aromatic carbocycles. The Morgan fingerprint density at radius 2 is 1.80 bits per heavy atom. The van der Waals surface area contributed by atoms with Crippen LogP contribution in [0, 0.1) is 11.8 Å². The number of piperidine rings is 1. The van der Waals surface area contributed by atoms with Crippen LogP contribution in [0.3, 0.4) is 0 Å². The Kier molecular flexibility index (Phi) is 8.12. The van der Waals surface area contributed by atoms with Crippen molar-refractivity contribution in [1.29, 1.82) is 0 Å². The summed E-state index contributed by atoms with van der Waals surface area (Å²) in [6.07, 6.45) is 2.11. The van der Waals surface area contributed by atoms with Crippen LogP contribution >= 0.6 is 23.4 Å². The van der Waals surface area contributed by atoms with Crippen molar-refractivity contribution < 1.29 is 9.59 Å². The highest BCUT2D eigenvalue weighted by Gasteiger charge is 2.27. The predicted molar refractivity (Wildman–Crippen MR) is 126 cm³/mol. The lowest BCUT2D eigenvalue weighted by atomic mass is 9.91. The van der Waals surface area contributed by atoms with Crippen LogP contribution < -0.4 is 5.32 Å². The molecule has 0 unspecified atom stereocenters. The third kappa shape index (κ3) is 6.17. The lowest BCUT2D eigenvalue weighted by molar-refractivity contribution is -0.130. The lowest BCUT2D eigenvalue weighted by Gasteiger charge is -2.35. The van der Waals surface area contributed by atoms with Crippen molar-refractivity contribution in [3.8, 4) is 0 Å². The van der Waals surface area contributed by atoms with Crippen LogP contribution in [0.2, 0.25) is 5.02 Å². The van der Waals surface area contributed by atoms with Crippen LogP contribution in [0.25, 0.3) is 0 Å². The predicted octanol–water partition coefficient (Wildman–Crippen LogP) is 4.74. The van der Waals surface area contributed by atoms with E-state index in [9.17, 15) is 9.59 Å². The second kappa shape index (κ2) is 10.6. The van der Waals surface area contributed by atoms with E-state index in [4.69, 9.17) is 11.6 Å². The van der Waals surface area contributed by atoms with Crippen LogP contribution in [0.4, 0.5) is 5.69 Å². The number of likely N-dealkylation sites (tertiary alicyclic amines) is 1. The van der Waals surface area contributed by atoms with E-state index in [-0.39, 0.29) is 11.8 Å².